The van der Waals surface area contributed by atoms with Crippen molar-refractivity contribution in [2.45, 2.75) is 39.3 Å². The molecule has 102 valence electrons. The summed E-state index contributed by atoms with van der Waals surface area (Å²) in [7, 11) is 0. The zero-order valence-electron chi connectivity index (χ0n) is 11.4. The summed E-state index contributed by atoms with van der Waals surface area (Å²) in [6.07, 6.45) is 0.557. The smallest absolute Gasteiger partial charge is 0.142 e. The number of benzene rings is 1. The highest BCUT2D eigenvalue weighted by Crippen LogP contribution is 2.23. The monoisotopic (exact) mass is 252 g/mol. The van der Waals surface area contributed by atoms with Gasteiger partial charge in [-0.15, -0.1) is 0 Å². The lowest BCUT2D eigenvalue weighted by atomic mass is 10.1. The maximum atomic E-state index is 9.21. The van der Waals surface area contributed by atoms with Gasteiger partial charge in [0, 0.05) is 12.6 Å². The van der Waals surface area contributed by atoms with Crippen LogP contribution in [0.1, 0.15) is 26.3 Å². The maximum absolute atomic E-state index is 9.21. The van der Waals surface area contributed by atoms with Gasteiger partial charge in [0.2, 0.25) is 0 Å². The summed E-state index contributed by atoms with van der Waals surface area (Å²) in [4.78, 5) is 0. The van der Waals surface area contributed by atoms with Crippen LogP contribution in [0.15, 0.2) is 18.2 Å². The van der Waals surface area contributed by atoms with Crippen molar-refractivity contribution in [1.29, 1.82) is 0 Å². The van der Waals surface area contributed by atoms with Gasteiger partial charge >= 0.3 is 0 Å². The normalized spacial score (nSPS) is 14.2. The first kappa shape index (κ1) is 14.8. The summed E-state index contributed by atoms with van der Waals surface area (Å²) in [6, 6.07) is 6.19. The van der Waals surface area contributed by atoms with Crippen LogP contribution in [-0.2, 0) is 6.42 Å². The number of aliphatic hydroxyl groups excluding tert-OH is 1. The second kappa shape index (κ2) is 7.24. The summed E-state index contributed by atoms with van der Waals surface area (Å²) in [6.45, 7) is 7.03. The summed E-state index contributed by atoms with van der Waals surface area (Å²) in [5, 5.41) is 12.5. The lowest BCUT2D eigenvalue weighted by Gasteiger charge is -2.16. The first-order valence-electron chi connectivity index (χ1n) is 6.45. The van der Waals surface area contributed by atoms with Gasteiger partial charge in [-0.2, -0.15) is 0 Å². The molecule has 0 aromatic heterocycles. The SMILES string of the molecule is CCOc1ccc(CC(C)NCC(C)O)cc1N. The second-order valence-corrected chi connectivity index (χ2v) is 4.67. The van der Waals surface area contributed by atoms with Crippen molar-refractivity contribution in [1.82, 2.24) is 5.32 Å². The van der Waals surface area contributed by atoms with Crippen LogP contribution in [0.2, 0.25) is 0 Å². The molecule has 0 saturated carbocycles. The van der Waals surface area contributed by atoms with Crippen LogP contribution in [0.3, 0.4) is 0 Å². The number of ether oxygens (including phenoxy) is 1. The van der Waals surface area contributed by atoms with Gasteiger partial charge in [0.05, 0.1) is 18.4 Å². The molecule has 0 fully saturated rings. The van der Waals surface area contributed by atoms with E-state index in [4.69, 9.17) is 10.5 Å². The molecular weight excluding hydrogens is 228 g/mol. The molecule has 1 aromatic rings. The van der Waals surface area contributed by atoms with Crippen molar-refractivity contribution in [3.05, 3.63) is 23.8 Å². The number of anilines is 1. The van der Waals surface area contributed by atoms with E-state index in [1.165, 1.54) is 5.56 Å². The fourth-order valence-corrected chi connectivity index (χ4v) is 1.81. The van der Waals surface area contributed by atoms with Crippen molar-refractivity contribution in [2.75, 3.05) is 18.9 Å². The Morgan fingerprint density at radius 2 is 2.11 bits per heavy atom. The predicted molar refractivity (Wildman–Crippen MR) is 74.9 cm³/mol. The molecule has 2 unspecified atom stereocenters. The molecule has 0 amide bonds. The number of nitrogens with one attached hydrogen (secondary N) is 1. The molecule has 1 rings (SSSR count). The second-order valence-electron chi connectivity index (χ2n) is 4.67. The summed E-state index contributed by atoms with van der Waals surface area (Å²) in [5.41, 5.74) is 7.77. The molecule has 0 bridgehead atoms. The van der Waals surface area contributed by atoms with E-state index in [2.05, 4.69) is 12.2 Å². The van der Waals surface area contributed by atoms with Gasteiger partial charge < -0.3 is 20.9 Å². The number of nitrogens with two attached hydrogens (primary N) is 1. The van der Waals surface area contributed by atoms with Crippen LogP contribution in [0.4, 0.5) is 5.69 Å². The molecule has 4 N–H and O–H groups in total. The summed E-state index contributed by atoms with van der Waals surface area (Å²) in [5.74, 6) is 0.742. The van der Waals surface area contributed by atoms with Gasteiger partial charge in [-0.25, -0.2) is 0 Å². The highest BCUT2D eigenvalue weighted by molar-refractivity contribution is 5.54. The standard InChI is InChI=1S/C14H24N2O2/c1-4-18-14-6-5-12(8-13(14)15)7-10(2)16-9-11(3)17/h5-6,8,10-11,16-17H,4,7,9,15H2,1-3H3. The van der Waals surface area contributed by atoms with Crippen molar-refractivity contribution < 1.29 is 9.84 Å². The number of rotatable bonds is 7. The zero-order chi connectivity index (χ0) is 13.5. The Kier molecular flexibility index (Phi) is 5.95. The van der Waals surface area contributed by atoms with E-state index in [0.29, 0.717) is 24.9 Å². The van der Waals surface area contributed by atoms with E-state index in [9.17, 15) is 5.11 Å². The van der Waals surface area contributed by atoms with Crippen LogP contribution < -0.4 is 15.8 Å². The van der Waals surface area contributed by atoms with Gasteiger partial charge in [-0.1, -0.05) is 6.07 Å². The van der Waals surface area contributed by atoms with Gasteiger partial charge in [0.1, 0.15) is 5.75 Å². The minimum atomic E-state index is -0.321. The van der Waals surface area contributed by atoms with Crippen LogP contribution in [0.5, 0.6) is 5.75 Å². The third-order valence-electron chi connectivity index (χ3n) is 2.68. The molecule has 0 saturated heterocycles. The number of hydrogen-bond donors (Lipinski definition) is 3. The highest BCUT2D eigenvalue weighted by Gasteiger charge is 2.07. The van der Waals surface area contributed by atoms with Gasteiger partial charge in [0.15, 0.2) is 0 Å². The Labute approximate surface area is 109 Å². The van der Waals surface area contributed by atoms with Crippen LogP contribution >= 0.6 is 0 Å². The molecule has 2 atom stereocenters. The highest BCUT2D eigenvalue weighted by atomic mass is 16.5. The molecule has 4 nitrogen and oxygen atoms in total. The molecular formula is C14H24N2O2. The quantitative estimate of drug-likeness (QED) is 0.644. The topological polar surface area (TPSA) is 67.5 Å². The minimum absolute atomic E-state index is 0.303. The van der Waals surface area contributed by atoms with E-state index in [1.807, 2.05) is 25.1 Å². The fraction of sp³-hybridized carbons (Fsp3) is 0.571. The molecule has 4 heteroatoms. The van der Waals surface area contributed by atoms with Gasteiger partial charge in [-0.3, -0.25) is 0 Å². The molecule has 0 aliphatic carbocycles. The number of aliphatic hydroxyl groups is 1. The van der Waals surface area contributed by atoms with Crippen molar-refractivity contribution in [3.8, 4) is 5.75 Å². The van der Waals surface area contributed by atoms with E-state index in [1.54, 1.807) is 6.92 Å². The number of nitrogen functional groups attached to an aromatic ring is 1. The van der Waals surface area contributed by atoms with Crippen LogP contribution in [-0.4, -0.2) is 30.4 Å². The zero-order valence-corrected chi connectivity index (χ0v) is 11.4. The van der Waals surface area contributed by atoms with Crippen LogP contribution in [0.25, 0.3) is 0 Å². The third-order valence-corrected chi connectivity index (χ3v) is 2.68. The van der Waals surface area contributed by atoms with Gasteiger partial charge in [-0.05, 0) is 44.9 Å². The van der Waals surface area contributed by atoms with Crippen molar-refractivity contribution >= 4 is 5.69 Å². The van der Waals surface area contributed by atoms with E-state index in [0.717, 1.165) is 12.2 Å². The molecule has 18 heavy (non-hydrogen) atoms. The van der Waals surface area contributed by atoms with E-state index >= 15 is 0 Å². The number of hydrogen-bond acceptors (Lipinski definition) is 4. The average molecular weight is 252 g/mol. The van der Waals surface area contributed by atoms with Crippen molar-refractivity contribution in [3.63, 3.8) is 0 Å². The van der Waals surface area contributed by atoms with Gasteiger partial charge in [0.25, 0.3) is 0 Å². The molecule has 0 spiro atoms. The third kappa shape index (κ3) is 4.94. The molecule has 0 aliphatic rings. The Balaban J connectivity index is 2.54. The lowest BCUT2D eigenvalue weighted by molar-refractivity contribution is 0.187. The fourth-order valence-electron chi connectivity index (χ4n) is 1.81. The Morgan fingerprint density at radius 1 is 1.39 bits per heavy atom. The van der Waals surface area contributed by atoms with E-state index < -0.39 is 0 Å². The average Bonchev–Trinajstić information content (AvgIpc) is 2.30. The largest absolute Gasteiger partial charge is 0.492 e. The summed E-state index contributed by atoms with van der Waals surface area (Å²) < 4.78 is 5.40. The first-order valence-corrected chi connectivity index (χ1v) is 6.45. The van der Waals surface area contributed by atoms with Crippen LogP contribution in [0, 0.1) is 0 Å². The maximum Gasteiger partial charge on any atom is 0.142 e. The molecule has 0 heterocycles. The molecule has 0 radical (unpaired) electrons. The Morgan fingerprint density at radius 3 is 2.67 bits per heavy atom. The lowest BCUT2D eigenvalue weighted by Crippen LogP contribution is -2.33. The Bertz CT molecular complexity index is 367. The first-order chi connectivity index (χ1) is 8.52. The minimum Gasteiger partial charge on any atom is -0.492 e. The molecule has 1 aromatic carbocycles. The Hall–Kier alpha value is -1.26. The predicted octanol–water partition coefficient (Wildman–Crippen LogP) is 1.57. The summed E-state index contributed by atoms with van der Waals surface area (Å²) >= 11 is 0. The van der Waals surface area contributed by atoms with E-state index in [-0.39, 0.29) is 6.10 Å². The molecule has 0 aliphatic heterocycles. The van der Waals surface area contributed by atoms with Crippen molar-refractivity contribution in [2.24, 2.45) is 0 Å².